The number of nitrogens with two attached hydrogens (primary N) is 2. The Kier molecular flexibility index (Phi) is 5.00. The molecule has 6 nitrogen and oxygen atoms in total. The lowest BCUT2D eigenvalue weighted by molar-refractivity contribution is -0.128. The topological polar surface area (TPSA) is 101 Å². The lowest BCUT2D eigenvalue weighted by atomic mass is 10.1. The van der Waals surface area contributed by atoms with Gasteiger partial charge in [-0.2, -0.15) is 0 Å². The predicted molar refractivity (Wildman–Crippen MR) is 76.2 cm³/mol. The molecule has 0 saturated carbocycles. The lowest BCUT2D eigenvalue weighted by Crippen LogP contribution is -2.24. The molecule has 1 aromatic rings. The smallest absolute Gasteiger partial charge is 0.250 e. The van der Waals surface area contributed by atoms with Crippen molar-refractivity contribution in [3.05, 3.63) is 22.7 Å². The van der Waals surface area contributed by atoms with Crippen LogP contribution in [0.2, 0.25) is 5.02 Å². The van der Waals surface area contributed by atoms with E-state index in [4.69, 9.17) is 23.1 Å². The van der Waals surface area contributed by atoms with Gasteiger partial charge in [-0.25, -0.2) is 0 Å². The number of nitrogens with zero attached hydrogens (tertiary/aromatic N) is 1. The van der Waals surface area contributed by atoms with E-state index in [1.165, 1.54) is 17.0 Å². The molecule has 0 aliphatic carbocycles. The van der Waals surface area contributed by atoms with Gasteiger partial charge in [0.05, 0.1) is 16.3 Å². The highest BCUT2D eigenvalue weighted by Crippen LogP contribution is 2.28. The van der Waals surface area contributed by atoms with Crippen LogP contribution < -0.4 is 16.8 Å². The molecule has 0 aliphatic rings. The molecule has 0 spiro atoms. The Bertz CT molecular complexity index is 503. The summed E-state index contributed by atoms with van der Waals surface area (Å²) in [5.41, 5.74) is 11.8. The van der Waals surface area contributed by atoms with Crippen LogP contribution in [0, 0.1) is 0 Å². The number of nitrogen functional groups attached to an aromatic ring is 1. The van der Waals surface area contributed by atoms with E-state index in [0.29, 0.717) is 22.9 Å². The normalized spacial score (nSPS) is 10.1. The molecule has 104 valence electrons. The minimum Gasteiger partial charge on any atom is -0.399 e. The highest BCUT2D eigenvalue weighted by Gasteiger charge is 2.13. The number of rotatable bonds is 5. The van der Waals surface area contributed by atoms with E-state index >= 15 is 0 Å². The SMILES string of the molecule is CN(C)C(=O)CCNc1c(Cl)cc(N)cc1C(N)=O. The molecule has 7 heteroatoms. The molecule has 0 fully saturated rings. The molecule has 0 aliphatic heterocycles. The molecule has 0 unspecified atom stereocenters. The fraction of sp³-hybridized carbons (Fsp3) is 0.333. The van der Waals surface area contributed by atoms with Gasteiger partial charge in [-0.15, -0.1) is 0 Å². The number of primary amides is 1. The van der Waals surface area contributed by atoms with Crippen molar-refractivity contribution in [3.63, 3.8) is 0 Å². The highest BCUT2D eigenvalue weighted by atomic mass is 35.5. The summed E-state index contributed by atoms with van der Waals surface area (Å²) in [5.74, 6) is -0.657. The van der Waals surface area contributed by atoms with Gasteiger partial charge in [0.25, 0.3) is 5.91 Å². The molecule has 0 aromatic heterocycles. The first-order valence-corrected chi connectivity index (χ1v) is 6.03. The van der Waals surface area contributed by atoms with Crippen molar-refractivity contribution in [2.45, 2.75) is 6.42 Å². The van der Waals surface area contributed by atoms with E-state index in [1.807, 2.05) is 0 Å². The lowest BCUT2D eigenvalue weighted by Gasteiger charge is -2.14. The van der Waals surface area contributed by atoms with E-state index in [1.54, 1.807) is 14.1 Å². The molecular weight excluding hydrogens is 268 g/mol. The van der Waals surface area contributed by atoms with Gasteiger partial charge in [-0.3, -0.25) is 9.59 Å². The number of hydrogen-bond donors (Lipinski definition) is 3. The van der Waals surface area contributed by atoms with Gasteiger partial charge in [-0.05, 0) is 12.1 Å². The Morgan fingerprint density at radius 3 is 2.53 bits per heavy atom. The molecule has 0 radical (unpaired) electrons. The Labute approximate surface area is 116 Å². The molecular formula is C12H17ClN4O2. The summed E-state index contributed by atoms with van der Waals surface area (Å²) in [6.45, 7) is 0.348. The zero-order chi connectivity index (χ0) is 14.6. The average molecular weight is 285 g/mol. The average Bonchev–Trinajstić information content (AvgIpc) is 2.30. The summed E-state index contributed by atoms with van der Waals surface area (Å²) >= 11 is 6.01. The first kappa shape index (κ1) is 15.1. The largest absolute Gasteiger partial charge is 0.399 e. The highest BCUT2D eigenvalue weighted by molar-refractivity contribution is 6.34. The van der Waals surface area contributed by atoms with Crippen LogP contribution in [0.15, 0.2) is 12.1 Å². The molecule has 0 saturated heterocycles. The molecule has 1 rings (SSSR count). The fourth-order valence-corrected chi connectivity index (χ4v) is 1.81. The summed E-state index contributed by atoms with van der Waals surface area (Å²) in [5, 5.41) is 3.24. The molecule has 1 aromatic carbocycles. The van der Waals surface area contributed by atoms with E-state index in [-0.39, 0.29) is 17.9 Å². The summed E-state index contributed by atoms with van der Waals surface area (Å²) in [7, 11) is 3.35. The second-order valence-corrected chi connectivity index (χ2v) is 4.66. The van der Waals surface area contributed by atoms with Crippen molar-refractivity contribution in [1.82, 2.24) is 4.90 Å². The van der Waals surface area contributed by atoms with Gasteiger partial charge in [0.1, 0.15) is 0 Å². The van der Waals surface area contributed by atoms with Gasteiger partial charge in [0, 0.05) is 32.7 Å². The molecule has 0 atom stereocenters. The van der Waals surface area contributed by atoms with Crippen molar-refractivity contribution in [2.24, 2.45) is 5.73 Å². The van der Waals surface area contributed by atoms with E-state index < -0.39 is 5.91 Å². The van der Waals surface area contributed by atoms with Crippen LogP contribution in [0.3, 0.4) is 0 Å². The minimum atomic E-state index is -0.629. The maximum Gasteiger partial charge on any atom is 0.250 e. The van der Waals surface area contributed by atoms with E-state index in [0.717, 1.165) is 0 Å². The van der Waals surface area contributed by atoms with Crippen LogP contribution in [0.25, 0.3) is 0 Å². The zero-order valence-corrected chi connectivity index (χ0v) is 11.6. The second kappa shape index (κ2) is 6.29. The minimum absolute atomic E-state index is 0.0281. The maximum absolute atomic E-state index is 11.4. The third-order valence-electron chi connectivity index (χ3n) is 2.52. The summed E-state index contributed by atoms with van der Waals surface area (Å²) < 4.78 is 0. The van der Waals surface area contributed by atoms with Crippen LogP contribution in [-0.2, 0) is 4.79 Å². The summed E-state index contributed by atoms with van der Waals surface area (Å²) in [6, 6.07) is 2.97. The maximum atomic E-state index is 11.4. The number of halogens is 1. The van der Waals surface area contributed by atoms with Crippen molar-refractivity contribution in [1.29, 1.82) is 0 Å². The van der Waals surface area contributed by atoms with Crippen molar-refractivity contribution >= 4 is 34.8 Å². The molecule has 5 N–H and O–H groups in total. The third kappa shape index (κ3) is 4.03. The molecule has 0 bridgehead atoms. The molecule has 2 amide bonds. The van der Waals surface area contributed by atoms with Gasteiger partial charge in [-0.1, -0.05) is 11.6 Å². The zero-order valence-electron chi connectivity index (χ0n) is 10.9. The Morgan fingerprint density at radius 2 is 2.00 bits per heavy atom. The summed E-state index contributed by atoms with van der Waals surface area (Å²) in [4.78, 5) is 24.2. The van der Waals surface area contributed by atoms with Gasteiger partial charge < -0.3 is 21.7 Å². The van der Waals surface area contributed by atoms with Crippen LogP contribution in [0.5, 0.6) is 0 Å². The van der Waals surface area contributed by atoms with Crippen LogP contribution in [0.4, 0.5) is 11.4 Å². The Balaban J connectivity index is 2.83. The van der Waals surface area contributed by atoms with E-state index in [2.05, 4.69) is 5.32 Å². The van der Waals surface area contributed by atoms with Crippen LogP contribution >= 0.6 is 11.6 Å². The Hall–Kier alpha value is -1.95. The number of benzene rings is 1. The van der Waals surface area contributed by atoms with Gasteiger partial charge in [0.2, 0.25) is 5.91 Å². The summed E-state index contributed by atoms with van der Waals surface area (Å²) in [6.07, 6.45) is 0.284. The first-order chi connectivity index (χ1) is 8.82. The number of carbonyl (C=O) groups excluding carboxylic acids is 2. The van der Waals surface area contributed by atoms with Crippen molar-refractivity contribution in [3.8, 4) is 0 Å². The molecule has 19 heavy (non-hydrogen) atoms. The number of hydrogen-bond acceptors (Lipinski definition) is 4. The standard InChI is InChI=1S/C12H17ClN4O2/c1-17(2)10(18)3-4-16-11-8(12(15)19)5-7(14)6-9(11)13/h5-6,16H,3-4,14H2,1-2H3,(H2,15,19). The second-order valence-electron chi connectivity index (χ2n) is 4.25. The number of carbonyl (C=O) groups is 2. The van der Waals surface area contributed by atoms with Crippen LogP contribution in [0.1, 0.15) is 16.8 Å². The van der Waals surface area contributed by atoms with Gasteiger partial charge in [0.15, 0.2) is 0 Å². The van der Waals surface area contributed by atoms with Crippen molar-refractivity contribution in [2.75, 3.05) is 31.7 Å². The number of nitrogens with one attached hydrogen (secondary N) is 1. The third-order valence-corrected chi connectivity index (χ3v) is 2.82. The fourth-order valence-electron chi connectivity index (χ4n) is 1.52. The van der Waals surface area contributed by atoms with Gasteiger partial charge >= 0.3 is 0 Å². The first-order valence-electron chi connectivity index (χ1n) is 5.65. The monoisotopic (exact) mass is 284 g/mol. The number of amides is 2. The predicted octanol–water partition coefficient (Wildman–Crippen LogP) is 0.911. The Morgan fingerprint density at radius 1 is 1.37 bits per heavy atom. The van der Waals surface area contributed by atoms with Crippen molar-refractivity contribution < 1.29 is 9.59 Å². The van der Waals surface area contributed by atoms with E-state index in [9.17, 15) is 9.59 Å². The molecule has 0 heterocycles. The quantitative estimate of drug-likeness (QED) is 0.700. The van der Waals surface area contributed by atoms with Crippen LogP contribution in [-0.4, -0.2) is 37.4 Å². The number of anilines is 2.